The van der Waals surface area contributed by atoms with Gasteiger partial charge in [-0.2, -0.15) is 0 Å². The molecule has 0 saturated carbocycles. The van der Waals surface area contributed by atoms with Crippen molar-refractivity contribution in [1.82, 2.24) is 0 Å². The van der Waals surface area contributed by atoms with Crippen molar-refractivity contribution in [3.8, 4) is 100 Å². The molecule has 118 heavy (non-hydrogen) atoms. The van der Waals surface area contributed by atoms with E-state index in [4.69, 9.17) is 8.83 Å². The number of fused-ring (bicyclic) bond motifs is 26. The molecular formula is C116H76O2. The zero-order valence-electron chi connectivity index (χ0n) is 65.8. The van der Waals surface area contributed by atoms with E-state index in [9.17, 15) is 0 Å². The highest BCUT2D eigenvalue weighted by Crippen LogP contribution is 2.60. The van der Waals surface area contributed by atoms with Gasteiger partial charge in [-0.1, -0.05) is 392 Å². The summed E-state index contributed by atoms with van der Waals surface area (Å²) in [4.78, 5) is 0. The Balaban J connectivity index is 0.000000135. The van der Waals surface area contributed by atoms with E-state index in [1.807, 2.05) is 18.2 Å². The number of hydrogen-bond donors (Lipinski definition) is 0. The van der Waals surface area contributed by atoms with Crippen LogP contribution in [0, 0.1) is 0 Å². The molecule has 23 aromatic rings. The van der Waals surface area contributed by atoms with Gasteiger partial charge in [0.1, 0.15) is 22.3 Å². The van der Waals surface area contributed by atoms with Crippen molar-refractivity contribution >= 4 is 130 Å². The summed E-state index contributed by atoms with van der Waals surface area (Å²) < 4.78 is 12.8. The second kappa shape index (κ2) is 25.9. The van der Waals surface area contributed by atoms with Crippen molar-refractivity contribution in [3.63, 3.8) is 0 Å². The van der Waals surface area contributed by atoms with Crippen molar-refractivity contribution < 1.29 is 8.83 Å². The van der Waals surface area contributed by atoms with Gasteiger partial charge in [0.25, 0.3) is 0 Å². The van der Waals surface area contributed by atoms with E-state index in [1.54, 1.807) is 0 Å². The molecule has 0 bridgehead atoms. The average Bonchev–Trinajstić information content (AvgIpc) is 1.53. The Morgan fingerprint density at radius 3 is 0.881 bits per heavy atom. The molecule has 0 amide bonds. The lowest BCUT2D eigenvalue weighted by molar-refractivity contribution is 0.666. The van der Waals surface area contributed by atoms with Crippen LogP contribution in [0.4, 0.5) is 0 Å². The Bertz CT molecular complexity index is 8110. The summed E-state index contributed by atoms with van der Waals surface area (Å²) in [7, 11) is 0. The van der Waals surface area contributed by atoms with Gasteiger partial charge in [-0.3, -0.25) is 0 Å². The van der Waals surface area contributed by atoms with Gasteiger partial charge in [-0.15, -0.1) is 0 Å². The van der Waals surface area contributed by atoms with E-state index >= 15 is 0 Å². The molecule has 0 atom stereocenters. The Morgan fingerprint density at radius 1 is 0.161 bits per heavy atom. The molecule has 0 radical (unpaired) electrons. The summed E-state index contributed by atoms with van der Waals surface area (Å²) in [5, 5.41) is 25.1. The first-order valence-electron chi connectivity index (χ1n) is 41.3. The molecule has 0 fully saturated rings. The molecule has 2 aliphatic rings. The summed E-state index contributed by atoms with van der Waals surface area (Å²) in [5.41, 5.74) is 31.6. The van der Waals surface area contributed by atoms with Crippen molar-refractivity contribution in [2.45, 2.75) is 38.5 Å². The van der Waals surface area contributed by atoms with Gasteiger partial charge in [0.2, 0.25) is 0 Å². The molecule has 0 N–H and O–H groups in total. The summed E-state index contributed by atoms with van der Waals surface area (Å²) >= 11 is 0. The zero-order valence-corrected chi connectivity index (χ0v) is 65.8. The lowest BCUT2D eigenvalue weighted by Gasteiger charge is -2.24. The normalized spacial score (nSPS) is 13.2. The molecule has 21 aromatic carbocycles. The second-order valence-electron chi connectivity index (χ2n) is 33.4. The number of furan rings is 2. The molecular weight excluding hydrogens is 1430 g/mol. The van der Waals surface area contributed by atoms with Gasteiger partial charge in [-0.25, -0.2) is 0 Å². The van der Waals surface area contributed by atoms with Gasteiger partial charge in [0.15, 0.2) is 0 Å². The standard InChI is InChI=1S/C61H40O.C55H36O/c1-61(2)53-28-15-27-41(58(53)59-46-21-7-4-17-42(46)43-18-5-12-26-51(43)60(59)61)37-30-32-38(33-31-37)56-47-22-8-10-24-49(47)57(50-25-11-9-23-48(50)56)45-20-6-3-16-40(45)39-34-35-55-52(36-39)44-19-13-14-29-54(44)62-55;1-55(2)47-27-14-24-35(51(47)52-39-18-5-3-15-36(39)37-16-4-10-23-44(37)53(52)55)33-29-31-34(32-30-33)49-40-19-6-8-21-42(40)50(43-22-9-7-20-41(43)49)46-26-13-25-45-38-17-11-12-28-48(38)56-54(45)46/h3-36H,1-2H3;3-32H,1-2H3. The van der Waals surface area contributed by atoms with Gasteiger partial charge in [0.05, 0.1) is 0 Å². The maximum Gasteiger partial charge on any atom is 0.143 e. The van der Waals surface area contributed by atoms with Crippen molar-refractivity contribution in [2.24, 2.45) is 0 Å². The largest absolute Gasteiger partial charge is 0.456 e. The van der Waals surface area contributed by atoms with Gasteiger partial charge < -0.3 is 8.83 Å². The fourth-order valence-electron chi connectivity index (χ4n) is 21.4. The van der Waals surface area contributed by atoms with E-state index in [1.165, 1.54) is 203 Å². The molecule has 2 aliphatic carbocycles. The molecule has 2 heteroatoms. The predicted molar refractivity (Wildman–Crippen MR) is 501 cm³/mol. The van der Waals surface area contributed by atoms with Crippen LogP contribution in [0.5, 0.6) is 0 Å². The minimum absolute atomic E-state index is 0.142. The van der Waals surface area contributed by atoms with Crippen LogP contribution in [-0.4, -0.2) is 0 Å². The quantitative estimate of drug-likeness (QED) is 0.117. The third kappa shape index (κ3) is 9.87. The molecule has 0 spiro atoms. The molecule has 552 valence electrons. The molecule has 25 rings (SSSR count). The fraction of sp³-hybridized carbons (Fsp3) is 0.0517. The monoisotopic (exact) mass is 1500 g/mol. The molecule has 2 nitrogen and oxygen atoms in total. The predicted octanol–water partition coefficient (Wildman–Crippen LogP) is 32.7. The van der Waals surface area contributed by atoms with Crippen LogP contribution in [-0.2, 0) is 10.8 Å². The van der Waals surface area contributed by atoms with Crippen LogP contribution >= 0.6 is 0 Å². The van der Waals surface area contributed by atoms with E-state index in [-0.39, 0.29) is 10.8 Å². The van der Waals surface area contributed by atoms with Crippen LogP contribution < -0.4 is 0 Å². The van der Waals surface area contributed by atoms with Crippen LogP contribution in [0.15, 0.2) is 397 Å². The minimum atomic E-state index is -0.150. The number of hydrogen-bond acceptors (Lipinski definition) is 2. The number of rotatable bonds is 7. The Morgan fingerprint density at radius 2 is 0.441 bits per heavy atom. The molecule has 2 aromatic heterocycles. The highest BCUT2D eigenvalue weighted by molar-refractivity contribution is 6.27. The first kappa shape index (κ1) is 67.8. The SMILES string of the molecule is CC1(C)c2cccc(-c3ccc(-c4c5ccccc5c(-c5cccc6c5oc5ccccc56)c5ccccc45)cc3)c2-c2c1c1ccccc1c1ccccc21.CC1(C)c2cccc(-c3ccc(-c4c5ccccc5c(-c5ccccc5-c5ccc6oc7ccccc7c6c5)c5ccccc45)cc3)c2-c2c1c1ccccc1c1ccccc21. The molecule has 0 saturated heterocycles. The Labute approximate surface area is 683 Å². The molecule has 0 aliphatic heterocycles. The zero-order chi connectivity index (χ0) is 78.2. The summed E-state index contributed by atoms with van der Waals surface area (Å²) in [6, 6.07) is 143. The topological polar surface area (TPSA) is 26.3 Å². The average molecular weight is 1500 g/mol. The van der Waals surface area contributed by atoms with Gasteiger partial charge >= 0.3 is 0 Å². The van der Waals surface area contributed by atoms with E-state index in [0.29, 0.717) is 0 Å². The van der Waals surface area contributed by atoms with E-state index < -0.39 is 0 Å². The third-order valence-corrected chi connectivity index (χ3v) is 26.5. The Hall–Kier alpha value is -14.7. The summed E-state index contributed by atoms with van der Waals surface area (Å²) in [6.45, 7) is 9.62. The number of para-hydroxylation sites is 3. The third-order valence-electron chi connectivity index (χ3n) is 26.5. The lowest BCUT2D eigenvalue weighted by atomic mass is 9.79. The maximum atomic E-state index is 6.62. The van der Waals surface area contributed by atoms with E-state index in [0.717, 1.165) is 49.4 Å². The lowest BCUT2D eigenvalue weighted by Crippen LogP contribution is -2.15. The fourth-order valence-corrected chi connectivity index (χ4v) is 21.4. The van der Waals surface area contributed by atoms with Crippen LogP contribution in [0.1, 0.15) is 49.9 Å². The van der Waals surface area contributed by atoms with Crippen molar-refractivity contribution in [3.05, 3.63) is 411 Å². The maximum absolute atomic E-state index is 6.62. The Kier molecular flexibility index (Phi) is 14.9. The van der Waals surface area contributed by atoms with Gasteiger partial charge in [0, 0.05) is 43.5 Å². The van der Waals surface area contributed by atoms with Crippen LogP contribution in [0.3, 0.4) is 0 Å². The van der Waals surface area contributed by atoms with E-state index in [2.05, 4.69) is 398 Å². The van der Waals surface area contributed by atoms with Crippen LogP contribution in [0.25, 0.3) is 230 Å². The minimum Gasteiger partial charge on any atom is -0.456 e. The summed E-state index contributed by atoms with van der Waals surface area (Å²) in [6.07, 6.45) is 0. The number of benzene rings is 21. The van der Waals surface area contributed by atoms with Gasteiger partial charge in [-0.05, 0) is 222 Å². The summed E-state index contributed by atoms with van der Waals surface area (Å²) in [5.74, 6) is 0. The highest BCUT2D eigenvalue weighted by Gasteiger charge is 2.42. The second-order valence-corrected chi connectivity index (χ2v) is 33.4. The van der Waals surface area contributed by atoms with Crippen molar-refractivity contribution in [1.29, 1.82) is 0 Å². The van der Waals surface area contributed by atoms with Crippen LogP contribution in [0.2, 0.25) is 0 Å². The molecule has 0 unspecified atom stereocenters. The van der Waals surface area contributed by atoms with Crippen molar-refractivity contribution in [2.75, 3.05) is 0 Å². The molecule has 2 heterocycles. The first-order chi connectivity index (χ1) is 58.1. The highest BCUT2D eigenvalue weighted by atomic mass is 16.3. The first-order valence-corrected chi connectivity index (χ1v) is 41.3. The smallest absolute Gasteiger partial charge is 0.143 e.